The summed E-state index contributed by atoms with van der Waals surface area (Å²) in [5.41, 5.74) is 5.15. The highest BCUT2D eigenvalue weighted by molar-refractivity contribution is 5.84. The van der Waals surface area contributed by atoms with Crippen LogP contribution in [-0.2, 0) is 25.5 Å². The van der Waals surface area contributed by atoms with Crippen molar-refractivity contribution >= 4 is 18.0 Å². The fourth-order valence-corrected chi connectivity index (χ4v) is 4.09. The van der Waals surface area contributed by atoms with Crippen LogP contribution in [0.15, 0.2) is 61.1 Å². The molecule has 0 spiro atoms. The number of benzene rings is 2. The Hall–Kier alpha value is -4.18. The van der Waals surface area contributed by atoms with E-state index in [1.165, 1.54) is 12.5 Å². The van der Waals surface area contributed by atoms with E-state index in [-0.39, 0.29) is 38.7 Å². The van der Waals surface area contributed by atoms with Gasteiger partial charge in [-0.15, -0.1) is 0 Å². The number of carbonyl (C=O) groups excluding carboxylic acids is 2. The van der Waals surface area contributed by atoms with Crippen LogP contribution in [0.3, 0.4) is 0 Å². The summed E-state index contributed by atoms with van der Waals surface area (Å²) in [7, 11) is 0. The molecule has 0 radical (unpaired) electrons. The molecule has 0 bridgehead atoms. The van der Waals surface area contributed by atoms with Crippen LogP contribution in [-0.4, -0.2) is 65.5 Å². The van der Waals surface area contributed by atoms with E-state index in [4.69, 9.17) is 9.47 Å². The Morgan fingerprint density at radius 3 is 2.37 bits per heavy atom. The molecule has 4 N–H and O–H groups in total. The number of amides is 2. The van der Waals surface area contributed by atoms with Crippen LogP contribution < -0.4 is 10.6 Å². The average molecular weight is 479 g/mol. The Kier molecular flexibility index (Phi) is 7.74. The van der Waals surface area contributed by atoms with Crippen LogP contribution in [0.2, 0.25) is 0 Å². The number of hydrogen-bond acceptors (Lipinski definition) is 6. The van der Waals surface area contributed by atoms with Gasteiger partial charge in [0.25, 0.3) is 0 Å². The van der Waals surface area contributed by atoms with Gasteiger partial charge in [0.2, 0.25) is 5.91 Å². The van der Waals surface area contributed by atoms with E-state index in [2.05, 4.69) is 32.7 Å². The molecule has 10 nitrogen and oxygen atoms in total. The highest BCUT2D eigenvalue weighted by Gasteiger charge is 2.29. The van der Waals surface area contributed by atoms with Gasteiger partial charge in [-0.3, -0.25) is 4.79 Å². The molecule has 2 aromatic carbocycles. The summed E-state index contributed by atoms with van der Waals surface area (Å²) >= 11 is 0. The van der Waals surface area contributed by atoms with Gasteiger partial charge < -0.3 is 30.2 Å². The quantitative estimate of drug-likeness (QED) is 0.309. The van der Waals surface area contributed by atoms with Crippen LogP contribution >= 0.6 is 0 Å². The predicted octanol–water partition coefficient (Wildman–Crippen LogP) is 2.08. The number of carbonyl (C=O) groups is 3. The molecule has 2 amide bonds. The van der Waals surface area contributed by atoms with Gasteiger partial charge in [-0.1, -0.05) is 48.5 Å². The molecular formula is C25H26N4O6. The minimum absolute atomic E-state index is 0.0305. The minimum atomic E-state index is -1.16. The Morgan fingerprint density at radius 2 is 1.74 bits per heavy atom. The number of ether oxygens (including phenoxy) is 2. The summed E-state index contributed by atoms with van der Waals surface area (Å²) in [6.07, 6.45) is 2.42. The van der Waals surface area contributed by atoms with E-state index in [0.717, 1.165) is 22.3 Å². The lowest BCUT2D eigenvalue weighted by Crippen LogP contribution is -2.44. The maximum absolute atomic E-state index is 12.2. The fraction of sp³-hybridized carbons (Fsp3) is 0.280. The molecule has 1 heterocycles. The lowest BCUT2D eigenvalue weighted by Gasteiger charge is -2.15. The Balaban J connectivity index is 1.15. The smallest absolute Gasteiger partial charge is 0.407 e. The van der Waals surface area contributed by atoms with E-state index in [1.54, 1.807) is 0 Å². The summed E-state index contributed by atoms with van der Waals surface area (Å²) in [6.45, 7) is 0.0749. The molecule has 0 saturated carbocycles. The van der Waals surface area contributed by atoms with Crippen molar-refractivity contribution in [3.8, 4) is 11.1 Å². The molecule has 1 aliphatic rings. The topological polar surface area (TPSA) is 143 Å². The van der Waals surface area contributed by atoms with Crippen molar-refractivity contribution in [1.29, 1.82) is 0 Å². The monoisotopic (exact) mass is 478 g/mol. The van der Waals surface area contributed by atoms with Crippen molar-refractivity contribution in [3.63, 3.8) is 0 Å². The Labute approximate surface area is 201 Å². The number of fused-ring (bicyclic) bond motifs is 3. The normalized spacial score (nSPS) is 12.9. The summed E-state index contributed by atoms with van der Waals surface area (Å²) in [5.74, 6) is -1.76. The third kappa shape index (κ3) is 6.04. The van der Waals surface area contributed by atoms with E-state index < -0.39 is 24.0 Å². The van der Waals surface area contributed by atoms with Gasteiger partial charge in [0.05, 0.1) is 12.9 Å². The lowest BCUT2D eigenvalue weighted by molar-refractivity contribution is -0.142. The zero-order chi connectivity index (χ0) is 24.6. The first kappa shape index (κ1) is 24.0. The highest BCUT2D eigenvalue weighted by atomic mass is 16.5. The second-order valence-electron chi connectivity index (χ2n) is 8.04. The first-order valence-corrected chi connectivity index (χ1v) is 11.2. The van der Waals surface area contributed by atoms with Gasteiger partial charge in [0.1, 0.15) is 19.3 Å². The number of nitrogens with zero attached hydrogens (tertiary/aromatic N) is 1. The molecule has 182 valence electrons. The van der Waals surface area contributed by atoms with Gasteiger partial charge in [0, 0.05) is 30.8 Å². The number of carboxylic acid groups (broad SMARTS) is 1. The van der Waals surface area contributed by atoms with Crippen molar-refractivity contribution in [2.75, 3.05) is 26.4 Å². The maximum atomic E-state index is 12.2. The third-order valence-corrected chi connectivity index (χ3v) is 5.70. The van der Waals surface area contributed by atoms with Crippen molar-refractivity contribution in [3.05, 3.63) is 77.9 Å². The number of aromatic nitrogens is 2. The minimum Gasteiger partial charge on any atom is -0.480 e. The van der Waals surface area contributed by atoms with Crippen LogP contribution in [0.4, 0.5) is 4.79 Å². The highest BCUT2D eigenvalue weighted by Crippen LogP contribution is 2.44. The fourth-order valence-electron chi connectivity index (χ4n) is 4.09. The van der Waals surface area contributed by atoms with Crippen molar-refractivity contribution < 1.29 is 29.0 Å². The standard InChI is InChI=1S/C25H26N4O6/c30-23(29-22(24(31)32)11-16-12-26-15-28-16)14-34-10-9-27-25(33)35-13-21-19-7-3-1-5-17(19)18-6-2-4-8-20(18)21/h1-8,12,15,21-22H,9-11,13-14H2,(H,26,28)(H,27,33)(H,29,30)(H,31,32)/t22-/m1/s1. The number of carboxylic acids is 1. The molecule has 4 rings (SSSR count). The van der Waals surface area contributed by atoms with Gasteiger partial charge in [-0.2, -0.15) is 0 Å². The van der Waals surface area contributed by atoms with Gasteiger partial charge in [0.15, 0.2) is 0 Å². The molecule has 1 atom stereocenters. The molecule has 0 fully saturated rings. The predicted molar refractivity (Wildman–Crippen MR) is 126 cm³/mol. The number of hydrogen-bond donors (Lipinski definition) is 4. The Morgan fingerprint density at radius 1 is 1.06 bits per heavy atom. The van der Waals surface area contributed by atoms with E-state index in [0.29, 0.717) is 5.69 Å². The number of H-pyrrole nitrogens is 1. The van der Waals surface area contributed by atoms with E-state index in [9.17, 15) is 19.5 Å². The van der Waals surface area contributed by atoms with Crippen LogP contribution in [0.5, 0.6) is 0 Å². The number of rotatable bonds is 11. The number of nitrogens with one attached hydrogen (secondary N) is 3. The first-order valence-electron chi connectivity index (χ1n) is 11.2. The summed E-state index contributed by atoms with van der Waals surface area (Å²) in [6, 6.07) is 15.1. The maximum Gasteiger partial charge on any atom is 0.407 e. The molecule has 0 saturated heterocycles. The van der Waals surface area contributed by atoms with E-state index >= 15 is 0 Å². The molecular weight excluding hydrogens is 452 g/mol. The SMILES string of the molecule is O=C(COCCNC(=O)OCC1c2ccccc2-c2ccccc21)N[C@H](Cc1cnc[nH]1)C(=O)O. The summed E-state index contributed by atoms with van der Waals surface area (Å²) in [5, 5.41) is 14.3. The molecule has 10 heteroatoms. The van der Waals surface area contributed by atoms with Gasteiger partial charge in [-0.25, -0.2) is 14.6 Å². The van der Waals surface area contributed by atoms with Gasteiger partial charge in [-0.05, 0) is 22.3 Å². The zero-order valence-electron chi connectivity index (χ0n) is 18.9. The van der Waals surface area contributed by atoms with Gasteiger partial charge >= 0.3 is 12.1 Å². The van der Waals surface area contributed by atoms with Crippen molar-refractivity contribution in [2.24, 2.45) is 0 Å². The zero-order valence-corrected chi connectivity index (χ0v) is 18.9. The molecule has 3 aromatic rings. The van der Waals surface area contributed by atoms with Crippen LogP contribution in [0.25, 0.3) is 11.1 Å². The largest absolute Gasteiger partial charge is 0.480 e. The molecule has 0 unspecified atom stereocenters. The summed E-state index contributed by atoms with van der Waals surface area (Å²) in [4.78, 5) is 42.1. The average Bonchev–Trinajstić information content (AvgIpc) is 3.48. The van der Waals surface area contributed by atoms with Crippen molar-refractivity contribution in [1.82, 2.24) is 20.6 Å². The number of aliphatic carboxylic acids is 1. The molecule has 35 heavy (non-hydrogen) atoms. The summed E-state index contributed by atoms with van der Waals surface area (Å²) < 4.78 is 10.7. The Bertz CT molecular complexity index is 1130. The van der Waals surface area contributed by atoms with Crippen LogP contribution in [0.1, 0.15) is 22.7 Å². The second-order valence-corrected chi connectivity index (χ2v) is 8.04. The second kappa shape index (κ2) is 11.3. The first-order chi connectivity index (χ1) is 17.0. The van der Waals surface area contributed by atoms with Crippen molar-refractivity contribution in [2.45, 2.75) is 18.4 Å². The molecule has 1 aromatic heterocycles. The third-order valence-electron chi connectivity index (χ3n) is 5.70. The number of alkyl carbamates (subject to hydrolysis) is 1. The number of aromatic amines is 1. The lowest BCUT2D eigenvalue weighted by atomic mass is 9.98. The molecule has 1 aliphatic carbocycles. The van der Waals surface area contributed by atoms with E-state index in [1.807, 2.05) is 36.4 Å². The molecule has 0 aliphatic heterocycles. The number of imidazole rings is 1. The van der Waals surface area contributed by atoms with Crippen LogP contribution in [0, 0.1) is 0 Å².